The second-order valence-electron chi connectivity index (χ2n) is 4.84. The first-order valence-corrected chi connectivity index (χ1v) is 7.68. The Morgan fingerprint density at radius 1 is 1.05 bits per heavy atom. The Hall–Kier alpha value is -0.730. The molecule has 2 nitrogen and oxygen atoms in total. The van der Waals surface area contributed by atoms with Gasteiger partial charge >= 0.3 is 0 Å². The average molecular weight is 285 g/mol. The molecule has 0 fully saturated rings. The number of hydrogen-bond donors (Lipinski definition) is 1. The molecule has 0 atom stereocenters. The standard InChI is InChI=1S/C16H25ClO2/c1-2-3-4-5-6-7-8-12-19-16-11-9-10-15(17)14(16)13-18/h9-11,18H,2-8,12-13H2,1H3. The van der Waals surface area contributed by atoms with Crippen molar-refractivity contribution in [3.05, 3.63) is 28.8 Å². The summed E-state index contributed by atoms with van der Waals surface area (Å²) in [6, 6.07) is 5.48. The lowest BCUT2D eigenvalue weighted by Crippen LogP contribution is -2.01. The molecule has 1 aromatic rings. The number of aliphatic hydroxyl groups excluding tert-OH is 1. The van der Waals surface area contributed by atoms with Crippen LogP contribution in [0.5, 0.6) is 5.75 Å². The smallest absolute Gasteiger partial charge is 0.126 e. The third-order valence-corrected chi connectivity index (χ3v) is 3.59. The number of aliphatic hydroxyl groups is 1. The lowest BCUT2D eigenvalue weighted by molar-refractivity contribution is 0.260. The van der Waals surface area contributed by atoms with Crippen LogP contribution in [0.3, 0.4) is 0 Å². The van der Waals surface area contributed by atoms with E-state index in [1.54, 1.807) is 6.07 Å². The molecule has 0 saturated carbocycles. The normalized spacial score (nSPS) is 10.7. The Morgan fingerprint density at radius 3 is 2.42 bits per heavy atom. The van der Waals surface area contributed by atoms with Crippen molar-refractivity contribution in [2.45, 2.75) is 58.5 Å². The molecular formula is C16H25ClO2. The van der Waals surface area contributed by atoms with Gasteiger partial charge in [-0.15, -0.1) is 0 Å². The predicted octanol–water partition coefficient (Wildman–Crippen LogP) is 4.96. The second-order valence-corrected chi connectivity index (χ2v) is 5.25. The quantitative estimate of drug-likeness (QED) is 0.615. The monoisotopic (exact) mass is 284 g/mol. The number of hydrogen-bond acceptors (Lipinski definition) is 2. The van der Waals surface area contributed by atoms with Crippen LogP contribution in [-0.2, 0) is 6.61 Å². The first-order chi connectivity index (χ1) is 9.29. The Bertz CT molecular complexity index is 353. The maximum atomic E-state index is 9.26. The fourth-order valence-corrected chi connectivity index (χ4v) is 2.29. The zero-order valence-corrected chi connectivity index (χ0v) is 12.6. The molecule has 1 N–H and O–H groups in total. The molecule has 0 aromatic heterocycles. The van der Waals surface area contributed by atoms with Crippen LogP contribution in [0.1, 0.15) is 57.4 Å². The summed E-state index contributed by atoms with van der Waals surface area (Å²) in [6.07, 6.45) is 8.86. The van der Waals surface area contributed by atoms with Crippen LogP contribution >= 0.6 is 11.6 Å². The van der Waals surface area contributed by atoms with Crippen molar-refractivity contribution in [2.24, 2.45) is 0 Å². The maximum Gasteiger partial charge on any atom is 0.126 e. The molecule has 1 aromatic carbocycles. The molecule has 0 amide bonds. The van der Waals surface area contributed by atoms with E-state index in [1.807, 2.05) is 12.1 Å². The third kappa shape index (κ3) is 6.31. The third-order valence-electron chi connectivity index (χ3n) is 3.24. The van der Waals surface area contributed by atoms with Gasteiger partial charge < -0.3 is 9.84 Å². The van der Waals surface area contributed by atoms with Gasteiger partial charge in [-0.2, -0.15) is 0 Å². The average Bonchev–Trinajstić information content (AvgIpc) is 2.42. The molecule has 0 aliphatic rings. The van der Waals surface area contributed by atoms with E-state index in [9.17, 15) is 5.11 Å². The molecule has 0 saturated heterocycles. The number of rotatable bonds is 10. The SMILES string of the molecule is CCCCCCCCCOc1cccc(Cl)c1CO. The van der Waals surface area contributed by atoms with Gasteiger partial charge in [0, 0.05) is 10.6 Å². The molecule has 0 unspecified atom stereocenters. The van der Waals surface area contributed by atoms with E-state index in [0.717, 1.165) is 6.42 Å². The minimum atomic E-state index is -0.0774. The first kappa shape index (κ1) is 16.3. The fraction of sp³-hybridized carbons (Fsp3) is 0.625. The van der Waals surface area contributed by atoms with Gasteiger partial charge in [-0.05, 0) is 18.6 Å². The molecule has 0 heterocycles. The highest BCUT2D eigenvalue weighted by Crippen LogP contribution is 2.26. The van der Waals surface area contributed by atoms with E-state index in [1.165, 1.54) is 38.5 Å². The summed E-state index contributed by atoms with van der Waals surface area (Å²) in [5, 5.41) is 9.83. The van der Waals surface area contributed by atoms with Crippen molar-refractivity contribution >= 4 is 11.6 Å². The van der Waals surface area contributed by atoms with Gasteiger partial charge in [0.1, 0.15) is 5.75 Å². The number of ether oxygens (including phenoxy) is 1. The highest BCUT2D eigenvalue weighted by atomic mass is 35.5. The van der Waals surface area contributed by atoms with E-state index >= 15 is 0 Å². The largest absolute Gasteiger partial charge is 0.493 e. The zero-order valence-electron chi connectivity index (χ0n) is 11.8. The van der Waals surface area contributed by atoms with Crippen molar-refractivity contribution in [3.8, 4) is 5.75 Å². The maximum absolute atomic E-state index is 9.26. The van der Waals surface area contributed by atoms with Gasteiger partial charge in [0.15, 0.2) is 0 Å². The van der Waals surface area contributed by atoms with Crippen molar-refractivity contribution in [2.75, 3.05) is 6.61 Å². The van der Waals surface area contributed by atoms with Crippen molar-refractivity contribution < 1.29 is 9.84 Å². The Morgan fingerprint density at radius 2 is 1.74 bits per heavy atom. The molecular weight excluding hydrogens is 260 g/mol. The van der Waals surface area contributed by atoms with Crippen LogP contribution < -0.4 is 4.74 Å². The minimum Gasteiger partial charge on any atom is -0.493 e. The van der Waals surface area contributed by atoms with Gasteiger partial charge in [-0.25, -0.2) is 0 Å². The second kappa shape index (κ2) is 10.1. The topological polar surface area (TPSA) is 29.5 Å². The lowest BCUT2D eigenvalue weighted by atomic mass is 10.1. The van der Waals surface area contributed by atoms with E-state index in [2.05, 4.69) is 6.92 Å². The van der Waals surface area contributed by atoms with Gasteiger partial charge in [0.2, 0.25) is 0 Å². The Balaban J connectivity index is 2.17. The summed E-state index contributed by atoms with van der Waals surface area (Å²) in [7, 11) is 0. The van der Waals surface area contributed by atoms with E-state index in [4.69, 9.17) is 16.3 Å². The Labute approximate surface area is 121 Å². The molecule has 0 radical (unpaired) electrons. The highest BCUT2D eigenvalue weighted by Gasteiger charge is 2.06. The predicted molar refractivity (Wildman–Crippen MR) is 80.9 cm³/mol. The molecule has 19 heavy (non-hydrogen) atoms. The van der Waals surface area contributed by atoms with E-state index in [0.29, 0.717) is 22.9 Å². The van der Waals surface area contributed by atoms with Crippen molar-refractivity contribution in [1.29, 1.82) is 0 Å². The summed E-state index contributed by atoms with van der Waals surface area (Å²) < 4.78 is 5.69. The molecule has 0 spiro atoms. The van der Waals surface area contributed by atoms with Crippen LogP contribution in [-0.4, -0.2) is 11.7 Å². The number of halogens is 1. The molecule has 108 valence electrons. The summed E-state index contributed by atoms with van der Waals surface area (Å²) in [6.45, 7) is 2.85. The molecule has 0 aliphatic carbocycles. The molecule has 1 rings (SSSR count). The molecule has 3 heteroatoms. The van der Waals surface area contributed by atoms with E-state index < -0.39 is 0 Å². The van der Waals surface area contributed by atoms with Gasteiger partial charge in [-0.3, -0.25) is 0 Å². The summed E-state index contributed by atoms with van der Waals surface area (Å²) in [5.41, 5.74) is 0.687. The summed E-state index contributed by atoms with van der Waals surface area (Å²) in [4.78, 5) is 0. The minimum absolute atomic E-state index is 0.0774. The van der Waals surface area contributed by atoms with Gasteiger partial charge in [0.05, 0.1) is 13.2 Å². The van der Waals surface area contributed by atoms with Crippen LogP contribution in [0.15, 0.2) is 18.2 Å². The lowest BCUT2D eigenvalue weighted by Gasteiger charge is -2.11. The van der Waals surface area contributed by atoms with Crippen LogP contribution in [0.2, 0.25) is 5.02 Å². The van der Waals surface area contributed by atoms with Crippen LogP contribution in [0.4, 0.5) is 0 Å². The first-order valence-electron chi connectivity index (χ1n) is 7.30. The highest BCUT2D eigenvalue weighted by molar-refractivity contribution is 6.31. The van der Waals surface area contributed by atoms with Crippen molar-refractivity contribution in [3.63, 3.8) is 0 Å². The van der Waals surface area contributed by atoms with Gasteiger partial charge in [-0.1, -0.05) is 63.1 Å². The van der Waals surface area contributed by atoms with Crippen LogP contribution in [0, 0.1) is 0 Å². The Kier molecular flexibility index (Phi) is 8.68. The number of benzene rings is 1. The van der Waals surface area contributed by atoms with Crippen LogP contribution in [0.25, 0.3) is 0 Å². The van der Waals surface area contributed by atoms with Gasteiger partial charge in [0.25, 0.3) is 0 Å². The fourth-order valence-electron chi connectivity index (χ4n) is 2.07. The molecule has 0 aliphatic heterocycles. The van der Waals surface area contributed by atoms with E-state index in [-0.39, 0.29) is 6.61 Å². The summed E-state index contributed by atoms with van der Waals surface area (Å²) in [5.74, 6) is 0.709. The summed E-state index contributed by atoms with van der Waals surface area (Å²) >= 11 is 6.00. The zero-order chi connectivity index (χ0) is 13.9. The molecule has 0 bridgehead atoms. The number of unbranched alkanes of at least 4 members (excludes halogenated alkanes) is 6. The van der Waals surface area contributed by atoms with Crippen molar-refractivity contribution in [1.82, 2.24) is 0 Å².